The van der Waals surface area contributed by atoms with E-state index in [9.17, 15) is 0 Å². The Morgan fingerprint density at radius 2 is 2.00 bits per heavy atom. The standard InChI is InChI=1S/C16H30NO.C2H6/c1-5-9-15(6-2)14-18-13-12-17(4)11-8-10-16(17)7-3;1-2/h5-6,9,16H,7-8,10-14H2,1-4H3;1-2H3/q+1;/b9-5-,15-6+;/t16-,17?;/m1./s1. The van der Waals surface area contributed by atoms with E-state index < -0.39 is 0 Å². The molecule has 0 amide bonds. The molecule has 0 N–H and O–H groups in total. The van der Waals surface area contributed by atoms with Crippen molar-refractivity contribution in [2.45, 2.75) is 59.9 Å². The van der Waals surface area contributed by atoms with E-state index in [4.69, 9.17) is 4.74 Å². The number of likely N-dealkylation sites (N-methyl/N-ethyl adjacent to an activating group) is 1. The van der Waals surface area contributed by atoms with E-state index in [2.05, 4.69) is 39.1 Å². The maximum absolute atomic E-state index is 5.82. The van der Waals surface area contributed by atoms with Crippen LogP contribution in [0, 0.1) is 0 Å². The molecule has 0 aromatic carbocycles. The van der Waals surface area contributed by atoms with Crippen LogP contribution in [-0.2, 0) is 4.74 Å². The van der Waals surface area contributed by atoms with Crippen LogP contribution in [0.2, 0.25) is 0 Å². The predicted molar refractivity (Wildman–Crippen MR) is 90.0 cm³/mol. The highest BCUT2D eigenvalue weighted by Crippen LogP contribution is 2.26. The molecule has 2 nitrogen and oxygen atoms in total. The lowest BCUT2D eigenvalue weighted by atomic mass is 10.1. The Kier molecular flexibility index (Phi) is 10.8. The summed E-state index contributed by atoms with van der Waals surface area (Å²) in [4.78, 5) is 0. The molecule has 1 aliphatic rings. The number of likely N-dealkylation sites (tertiary alicyclic amines) is 1. The van der Waals surface area contributed by atoms with Crippen molar-refractivity contribution in [3.63, 3.8) is 0 Å². The average molecular weight is 282 g/mol. The van der Waals surface area contributed by atoms with Crippen molar-refractivity contribution >= 4 is 0 Å². The van der Waals surface area contributed by atoms with Gasteiger partial charge in [0, 0.05) is 12.8 Å². The Balaban J connectivity index is 0.00000172. The quantitative estimate of drug-likeness (QED) is 0.377. The Bertz CT molecular complexity index is 296. The van der Waals surface area contributed by atoms with Crippen molar-refractivity contribution in [2.75, 3.05) is 33.4 Å². The van der Waals surface area contributed by atoms with Crippen LogP contribution in [0.25, 0.3) is 0 Å². The maximum atomic E-state index is 5.82. The van der Waals surface area contributed by atoms with Crippen LogP contribution in [0.15, 0.2) is 23.8 Å². The summed E-state index contributed by atoms with van der Waals surface area (Å²) in [6.45, 7) is 14.5. The highest BCUT2D eigenvalue weighted by molar-refractivity contribution is 5.17. The Hall–Kier alpha value is -0.600. The van der Waals surface area contributed by atoms with Gasteiger partial charge >= 0.3 is 0 Å². The first-order valence-corrected chi connectivity index (χ1v) is 8.36. The predicted octanol–water partition coefficient (Wildman–Crippen LogP) is 4.57. The number of hydrogen-bond acceptors (Lipinski definition) is 1. The molecule has 2 atom stereocenters. The SMILES string of the molecule is C/C=C\C(=C/C)COCC[N+]1(C)CCC[C@H]1CC.CC. The summed E-state index contributed by atoms with van der Waals surface area (Å²) in [7, 11) is 2.40. The highest BCUT2D eigenvalue weighted by Gasteiger charge is 2.35. The van der Waals surface area contributed by atoms with Crippen molar-refractivity contribution < 1.29 is 9.22 Å². The molecule has 20 heavy (non-hydrogen) atoms. The summed E-state index contributed by atoms with van der Waals surface area (Å²) in [6.07, 6.45) is 10.4. The van der Waals surface area contributed by atoms with E-state index in [1.54, 1.807) is 0 Å². The number of quaternary nitrogens is 1. The van der Waals surface area contributed by atoms with Crippen LogP contribution in [0.1, 0.15) is 53.9 Å². The van der Waals surface area contributed by atoms with Gasteiger partial charge in [-0.2, -0.15) is 0 Å². The minimum atomic E-state index is 0.748. The molecule has 0 aromatic rings. The van der Waals surface area contributed by atoms with Gasteiger partial charge < -0.3 is 9.22 Å². The summed E-state index contributed by atoms with van der Waals surface area (Å²) < 4.78 is 7.04. The van der Waals surface area contributed by atoms with Gasteiger partial charge in [-0.1, -0.05) is 39.0 Å². The van der Waals surface area contributed by atoms with E-state index in [0.717, 1.165) is 25.8 Å². The van der Waals surface area contributed by atoms with Gasteiger partial charge in [0.15, 0.2) is 0 Å². The molecule has 118 valence electrons. The van der Waals surface area contributed by atoms with E-state index >= 15 is 0 Å². The van der Waals surface area contributed by atoms with E-state index in [1.165, 1.54) is 35.9 Å². The van der Waals surface area contributed by atoms with Gasteiger partial charge in [0.25, 0.3) is 0 Å². The van der Waals surface area contributed by atoms with Gasteiger partial charge in [-0.3, -0.25) is 0 Å². The molecule has 1 heterocycles. The maximum Gasteiger partial charge on any atom is 0.102 e. The minimum absolute atomic E-state index is 0.748. The Labute approximate surface area is 127 Å². The fraction of sp³-hybridized carbons (Fsp3) is 0.778. The van der Waals surface area contributed by atoms with Crippen LogP contribution >= 0.6 is 0 Å². The second kappa shape index (κ2) is 11.1. The van der Waals surface area contributed by atoms with Gasteiger partial charge in [-0.15, -0.1) is 0 Å². The first-order valence-electron chi connectivity index (χ1n) is 8.36. The van der Waals surface area contributed by atoms with E-state index in [-0.39, 0.29) is 0 Å². The first-order chi connectivity index (χ1) is 9.66. The van der Waals surface area contributed by atoms with E-state index in [0.29, 0.717) is 0 Å². The normalized spacial score (nSPS) is 26.7. The lowest BCUT2D eigenvalue weighted by Gasteiger charge is -2.35. The summed E-state index contributed by atoms with van der Waals surface area (Å²) in [5.41, 5.74) is 1.27. The average Bonchev–Trinajstić information content (AvgIpc) is 2.85. The summed E-state index contributed by atoms with van der Waals surface area (Å²) in [5.74, 6) is 0. The highest BCUT2D eigenvalue weighted by atomic mass is 16.5. The summed E-state index contributed by atoms with van der Waals surface area (Å²) in [6, 6.07) is 0.852. The molecule has 1 fully saturated rings. The fourth-order valence-corrected chi connectivity index (χ4v) is 3.03. The van der Waals surface area contributed by atoms with Crippen molar-refractivity contribution in [3.05, 3.63) is 23.8 Å². The van der Waals surface area contributed by atoms with Gasteiger partial charge in [0.05, 0.1) is 32.8 Å². The minimum Gasteiger partial charge on any atom is -0.371 e. The van der Waals surface area contributed by atoms with Crippen LogP contribution < -0.4 is 0 Å². The number of nitrogens with zero attached hydrogens (tertiary/aromatic N) is 1. The molecular weight excluding hydrogens is 246 g/mol. The summed E-state index contributed by atoms with van der Waals surface area (Å²) >= 11 is 0. The zero-order chi connectivity index (χ0) is 15.4. The van der Waals surface area contributed by atoms with Gasteiger partial charge in [-0.25, -0.2) is 0 Å². The zero-order valence-electron chi connectivity index (χ0n) is 14.6. The molecule has 1 rings (SSSR count). The Morgan fingerprint density at radius 1 is 1.30 bits per heavy atom. The third-order valence-electron chi connectivity index (χ3n) is 4.33. The van der Waals surface area contributed by atoms with Crippen molar-refractivity contribution in [3.8, 4) is 0 Å². The van der Waals surface area contributed by atoms with Crippen molar-refractivity contribution in [1.82, 2.24) is 0 Å². The molecule has 2 heteroatoms. The number of rotatable bonds is 7. The largest absolute Gasteiger partial charge is 0.371 e. The van der Waals surface area contributed by atoms with Gasteiger partial charge in [0.2, 0.25) is 0 Å². The molecule has 1 unspecified atom stereocenters. The van der Waals surface area contributed by atoms with Crippen LogP contribution in [0.3, 0.4) is 0 Å². The second-order valence-electron chi connectivity index (χ2n) is 5.55. The lowest BCUT2D eigenvalue weighted by Crippen LogP contribution is -2.49. The number of allylic oxidation sites excluding steroid dienone is 2. The third kappa shape index (κ3) is 6.23. The van der Waals surface area contributed by atoms with E-state index in [1.807, 2.05) is 20.8 Å². The van der Waals surface area contributed by atoms with Crippen LogP contribution in [0.4, 0.5) is 0 Å². The third-order valence-corrected chi connectivity index (χ3v) is 4.33. The zero-order valence-corrected chi connectivity index (χ0v) is 14.6. The second-order valence-corrected chi connectivity index (χ2v) is 5.55. The number of ether oxygens (including phenoxy) is 1. The molecule has 1 aliphatic heterocycles. The van der Waals surface area contributed by atoms with Crippen molar-refractivity contribution in [2.24, 2.45) is 0 Å². The Morgan fingerprint density at radius 3 is 2.55 bits per heavy atom. The van der Waals surface area contributed by atoms with Crippen LogP contribution in [0.5, 0.6) is 0 Å². The topological polar surface area (TPSA) is 9.23 Å². The van der Waals surface area contributed by atoms with Gasteiger partial charge in [0.1, 0.15) is 6.54 Å². The molecule has 0 spiro atoms. The first kappa shape index (κ1) is 19.4. The smallest absolute Gasteiger partial charge is 0.102 e. The molecule has 1 saturated heterocycles. The number of hydrogen-bond donors (Lipinski definition) is 0. The monoisotopic (exact) mass is 282 g/mol. The summed E-state index contributed by atoms with van der Waals surface area (Å²) in [5, 5.41) is 0. The molecule has 0 radical (unpaired) electrons. The van der Waals surface area contributed by atoms with Crippen molar-refractivity contribution in [1.29, 1.82) is 0 Å². The molecule has 0 aliphatic carbocycles. The van der Waals surface area contributed by atoms with Crippen LogP contribution in [-0.4, -0.2) is 43.9 Å². The molecule has 0 bridgehead atoms. The molecular formula is C18H36NO+. The lowest BCUT2D eigenvalue weighted by molar-refractivity contribution is -0.921. The molecule has 0 saturated carbocycles. The van der Waals surface area contributed by atoms with Gasteiger partial charge in [-0.05, 0) is 25.8 Å². The molecule has 0 aromatic heterocycles. The fourth-order valence-electron chi connectivity index (χ4n) is 3.03.